The van der Waals surface area contributed by atoms with Crippen LogP contribution in [0.3, 0.4) is 0 Å². The first kappa shape index (κ1) is 11.5. The summed E-state index contributed by atoms with van der Waals surface area (Å²) in [7, 11) is 0. The highest BCUT2D eigenvalue weighted by molar-refractivity contribution is 5.84. The van der Waals surface area contributed by atoms with Crippen molar-refractivity contribution in [1.82, 2.24) is 10.2 Å². The number of likely N-dealkylation sites (tertiary alicyclic amines) is 1. The van der Waals surface area contributed by atoms with Crippen molar-refractivity contribution >= 4 is 17.8 Å². The molecule has 0 saturated carbocycles. The second-order valence-corrected chi connectivity index (χ2v) is 3.57. The van der Waals surface area contributed by atoms with Gasteiger partial charge in [-0.3, -0.25) is 14.4 Å². The summed E-state index contributed by atoms with van der Waals surface area (Å²) < 4.78 is 0. The lowest BCUT2D eigenvalue weighted by Crippen LogP contribution is -2.38. The molecule has 1 atom stereocenters. The Kier molecular flexibility index (Phi) is 3.65. The van der Waals surface area contributed by atoms with Gasteiger partial charge >= 0.3 is 5.97 Å². The number of carbonyl (C=O) groups is 3. The molecule has 2 N–H and O–H groups in total. The summed E-state index contributed by atoms with van der Waals surface area (Å²) in [5.74, 6) is -1.83. The molecule has 0 aromatic heterocycles. The van der Waals surface area contributed by atoms with Crippen LogP contribution in [-0.4, -0.2) is 47.4 Å². The third kappa shape index (κ3) is 3.23. The molecule has 15 heavy (non-hydrogen) atoms. The van der Waals surface area contributed by atoms with E-state index in [1.807, 2.05) is 0 Å². The lowest BCUT2D eigenvalue weighted by atomic mass is 10.1. The molecule has 1 saturated heterocycles. The van der Waals surface area contributed by atoms with Crippen molar-refractivity contribution in [2.75, 3.05) is 19.6 Å². The van der Waals surface area contributed by atoms with Gasteiger partial charge in [-0.15, -0.1) is 0 Å². The fourth-order valence-corrected chi connectivity index (χ4v) is 1.50. The van der Waals surface area contributed by atoms with E-state index in [0.717, 1.165) is 0 Å². The van der Waals surface area contributed by atoms with E-state index in [-0.39, 0.29) is 24.9 Å². The molecule has 0 aromatic rings. The molecule has 1 aliphatic rings. The van der Waals surface area contributed by atoms with Crippen molar-refractivity contribution in [1.29, 1.82) is 0 Å². The molecule has 1 rings (SSSR count). The van der Waals surface area contributed by atoms with Crippen molar-refractivity contribution in [2.24, 2.45) is 5.92 Å². The number of nitrogens with zero attached hydrogens (tertiary/aromatic N) is 1. The summed E-state index contributed by atoms with van der Waals surface area (Å²) in [4.78, 5) is 34.1. The highest BCUT2D eigenvalue weighted by Crippen LogP contribution is 2.15. The fourth-order valence-electron chi connectivity index (χ4n) is 1.50. The summed E-state index contributed by atoms with van der Waals surface area (Å²) in [6.07, 6.45) is 0.487. The third-order valence-electron chi connectivity index (χ3n) is 2.38. The molecule has 0 unspecified atom stereocenters. The maximum absolute atomic E-state index is 11.4. The van der Waals surface area contributed by atoms with Crippen molar-refractivity contribution < 1.29 is 19.5 Å². The number of aliphatic carboxylic acids is 1. The van der Waals surface area contributed by atoms with Gasteiger partial charge in [-0.05, 0) is 6.42 Å². The zero-order chi connectivity index (χ0) is 11.4. The van der Waals surface area contributed by atoms with E-state index >= 15 is 0 Å². The van der Waals surface area contributed by atoms with E-state index in [4.69, 9.17) is 5.11 Å². The molecular weight excluding hydrogens is 200 g/mol. The van der Waals surface area contributed by atoms with Crippen LogP contribution in [-0.2, 0) is 14.4 Å². The van der Waals surface area contributed by atoms with Crippen LogP contribution in [0.15, 0.2) is 0 Å². The molecule has 0 aromatic carbocycles. The van der Waals surface area contributed by atoms with Crippen LogP contribution in [0.1, 0.15) is 13.3 Å². The topological polar surface area (TPSA) is 86.7 Å². The number of nitrogens with one attached hydrogen (secondary N) is 1. The Labute approximate surface area is 87.2 Å². The van der Waals surface area contributed by atoms with Crippen LogP contribution in [0, 0.1) is 5.92 Å². The van der Waals surface area contributed by atoms with Gasteiger partial charge in [-0.2, -0.15) is 0 Å². The number of hydrogen-bond donors (Lipinski definition) is 2. The number of amides is 2. The van der Waals surface area contributed by atoms with Crippen LogP contribution in [0.25, 0.3) is 0 Å². The number of rotatable bonds is 3. The summed E-state index contributed by atoms with van der Waals surface area (Å²) in [6.45, 7) is 1.97. The molecule has 0 spiro atoms. The average Bonchev–Trinajstić information content (AvgIpc) is 2.62. The van der Waals surface area contributed by atoms with Gasteiger partial charge in [0, 0.05) is 20.0 Å². The molecule has 0 radical (unpaired) electrons. The molecule has 1 aliphatic heterocycles. The monoisotopic (exact) mass is 214 g/mol. The summed E-state index contributed by atoms with van der Waals surface area (Å²) in [5, 5.41) is 11.1. The average molecular weight is 214 g/mol. The Balaban J connectivity index is 2.36. The summed E-state index contributed by atoms with van der Waals surface area (Å²) >= 11 is 0. The Hall–Kier alpha value is -1.59. The van der Waals surface area contributed by atoms with E-state index in [1.165, 1.54) is 11.8 Å². The van der Waals surface area contributed by atoms with Gasteiger partial charge in [0.15, 0.2) is 0 Å². The van der Waals surface area contributed by atoms with Gasteiger partial charge in [0.1, 0.15) is 0 Å². The van der Waals surface area contributed by atoms with Crippen LogP contribution in [0.5, 0.6) is 0 Å². The minimum atomic E-state index is -0.871. The van der Waals surface area contributed by atoms with Crippen molar-refractivity contribution in [2.45, 2.75) is 13.3 Å². The van der Waals surface area contributed by atoms with Gasteiger partial charge in [0.2, 0.25) is 11.8 Å². The van der Waals surface area contributed by atoms with E-state index < -0.39 is 11.9 Å². The molecule has 1 fully saturated rings. The SMILES string of the molecule is CC(=O)NCC(=O)N1CC[C@@H](C(=O)O)C1. The highest BCUT2D eigenvalue weighted by Gasteiger charge is 2.30. The predicted octanol–water partition coefficient (Wildman–Crippen LogP) is -0.944. The van der Waals surface area contributed by atoms with Gasteiger partial charge in [-0.25, -0.2) is 0 Å². The summed E-state index contributed by atoms with van der Waals surface area (Å²) in [5.41, 5.74) is 0. The second-order valence-electron chi connectivity index (χ2n) is 3.57. The molecular formula is C9H14N2O4. The minimum Gasteiger partial charge on any atom is -0.481 e. The van der Waals surface area contributed by atoms with E-state index in [0.29, 0.717) is 13.0 Å². The van der Waals surface area contributed by atoms with Gasteiger partial charge in [0.05, 0.1) is 12.5 Å². The largest absolute Gasteiger partial charge is 0.481 e. The first-order valence-electron chi connectivity index (χ1n) is 4.75. The predicted molar refractivity (Wildman–Crippen MR) is 51.0 cm³/mol. The normalized spacial score (nSPS) is 20.1. The molecule has 84 valence electrons. The maximum Gasteiger partial charge on any atom is 0.308 e. The van der Waals surface area contributed by atoms with Crippen LogP contribution in [0.4, 0.5) is 0 Å². The molecule has 2 amide bonds. The Morgan fingerprint density at radius 1 is 1.47 bits per heavy atom. The van der Waals surface area contributed by atoms with Crippen LogP contribution >= 0.6 is 0 Å². The fraction of sp³-hybridized carbons (Fsp3) is 0.667. The van der Waals surface area contributed by atoms with Crippen LogP contribution < -0.4 is 5.32 Å². The maximum atomic E-state index is 11.4. The quantitative estimate of drug-likeness (QED) is 0.634. The second kappa shape index (κ2) is 4.77. The smallest absolute Gasteiger partial charge is 0.308 e. The summed E-state index contributed by atoms with van der Waals surface area (Å²) in [6, 6.07) is 0. The lowest BCUT2D eigenvalue weighted by molar-refractivity contribution is -0.141. The van der Waals surface area contributed by atoms with E-state index in [1.54, 1.807) is 0 Å². The Bertz CT molecular complexity index is 290. The Morgan fingerprint density at radius 3 is 2.60 bits per heavy atom. The number of carbonyl (C=O) groups excluding carboxylic acids is 2. The van der Waals surface area contributed by atoms with E-state index in [2.05, 4.69) is 5.32 Å². The number of carboxylic acid groups (broad SMARTS) is 1. The number of hydrogen-bond acceptors (Lipinski definition) is 3. The van der Waals surface area contributed by atoms with Crippen molar-refractivity contribution in [3.63, 3.8) is 0 Å². The van der Waals surface area contributed by atoms with Crippen molar-refractivity contribution in [3.05, 3.63) is 0 Å². The highest BCUT2D eigenvalue weighted by atomic mass is 16.4. The van der Waals surface area contributed by atoms with Gasteiger partial charge in [-0.1, -0.05) is 0 Å². The molecule has 1 heterocycles. The standard InChI is InChI=1S/C9H14N2O4/c1-6(12)10-4-8(13)11-3-2-7(5-11)9(14)15/h7H,2-5H2,1H3,(H,10,12)(H,14,15)/t7-/m1/s1. The molecule has 6 nitrogen and oxygen atoms in total. The van der Waals surface area contributed by atoms with Crippen LogP contribution in [0.2, 0.25) is 0 Å². The van der Waals surface area contributed by atoms with Gasteiger partial charge < -0.3 is 15.3 Å². The first-order chi connectivity index (χ1) is 7.00. The molecule has 0 aliphatic carbocycles. The van der Waals surface area contributed by atoms with Crippen molar-refractivity contribution in [3.8, 4) is 0 Å². The number of carboxylic acids is 1. The Morgan fingerprint density at radius 2 is 2.13 bits per heavy atom. The zero-order valence-electron chi connectivity index (χ0n) is 8.52. The zero-order valence-corrected chi connectivity index (χ0v) is 8.52. The lowest BCUT2D eigenvalue weighted by Gasteiger charge is -2.15. The van der Waals surface area contributed by atoms with E-state index in [9.17, 15) is 14.4 Å². The third-order valence-corrected chi connectivity index (χ3v) is 2.38. The first-order valence-corrected chi connectivity index (χ1v) is 4.75. The minimum absolute atomic E-state index is 0.0539. The molecule has 0 bridgehead atoms. The van der Waals surface area contributed by atoms with Gasteiger partial charge in [0.25, 0.3) is 0 Å². The molecule has 6 heteroatoms.